The molecule has 4 N–H and O–H groups in total. The monoisotopic (exact) mass is 301 g/mol. The zero-order valence-corrected chi connectivity index (χ0v) is 12.4. The lowest BCUT2D eigenvalue weighted by Crippen LogP contribution is -2.45. The van der Waals surface area contributed by atoms with E-state index in [4.69, 9.17) is 5.73 Å². The van der Waals surface area contributed by atoms with Crippen LogP contribution in [0.4, 0.5) is 5.69 Å². The van der Waals surface area contributed by atoms with Crippen LogP contribution in [0.2, 0.25) is 0 Å². The quantitative estimate of drug-likeness (QED) is 0.528. The first-order valence-electron chi connectivity index (χ1n) is 6.04. The summed E-state index contributed by atoms with van der Waals surface area (Å²) in [7, 11) is -2.29. The van der Waals surface area contributed by atoms with E-state index in [2.05, 4.69) is 4.72 Å². The van der Waals surface area contributed by atoms with E-state index in [1.54, 1.807) is 14.0 Å². The fraction of sp³-hybridized carbons (Fsp3) is 0.417. The van der Waals surface area contributed by atoms with E-state index in [-0.39, 0.29) is 22.2 Å². The number of likely N-dealkylation sites (N-methyl/N-ethyl adjacent to an activating group) is 1. The molecule has 8 heteroatoms. The lowest BCUT2D eigenvalue weighted by molar-refractivity contribution is -0.131. The maximum absolute atomic E-state index is 12.1. The SMILES string of the molecule is CCN(C)C(=O)C(C)NS(=O)(=O)c1ccc(O)c(N)c1. The number of amides is 1. The lowest BCUT2D eigenvalue weighted by atomic mass is 10.3. The molecule has 1 unspecified atom stereocenters. The minimum Gasteiger partial charge on any atom is -0.506 e. The predicted molar refractivity (Wildman–Crippen MR) is 75.6 cm³/mol. The third kappa shape index (κ3) is 3.61. The number of nitrogen functional groups attached to an aromatic ring is 1. The molecule has 0 spiro atoms. The molecule has 0 radical (unpaired) electrons. The maximum atomic E-state index is 12.1. The standard InChI is InChI=1S/C12H19N3O4S/c1-4-15(3)12(17)8(2)14-20(18,19)9-5-6-11(16)10(13)7-9/h5-8,14,16H,4,13H2,1-3H3. The van der Waals surface area contributed by atoms with Crippen molar-refractivity contribution in [3.05, 3.63) is 18.2 Å². The van der Waals surface area contributed by atoms with Gasteiger partial charge < -0.3 is 15.7 Å². The molecule has 1 aromatic carbocycles. The Hall–Kier alpha value is -1.80. The molecule has 0 bridgehead atoms. The van der Waals surface area contributed by atoms with E-state index in [0.717, 1.165) is 6.07 Å². The van der Waals surface area contributed by atoms with Gasteiger partial charge in [0.2, 0.25) is 15.9 Å². The molecule has 0 aromatic heterocycles. The number of phenols is 1. The molecule has 1 rings (SSSR count). The van der Waals surface area contributed by atoms with Crippen LogP contribution >= 0.6 is 0 Å². The van der Waals surface area contributed by atoms with Crippen molar-refractivity contribution in [1.29, 1.82) is 0 Å². The van der Waals surface area contributed by atoms with Crippen molar-refractivity contribution < 1.29 is 18.3 Å². The van der Waals surface area contributed by atoms with Crippen LogP contribution in [0, 0.1) is 0 Å². The Morgan fingerprint density at radius 3 is 2.60 bits per heavy atom. The third-order valence-electron chi connectivity index (χ3n) is 2.86. The number of anilines is 1. The normalized spacial score (nSPS) is 12.9. The molecule has 0 saturated carbocycles. The number of hydrogen-bond acceptors (Lipinski definition) is 5. The highest BCUT2D eigenvalue weighted by atomic mass is 32.2. The van der Waals surface area contributed by atoms with Gasteiger partial charge in [0.15, 0.2) is 0 Å². The lowest BCUT2D eigenvalue weighted by Gasteiger charge is -2.20. The van der Waals surface area contributed by atoms with Gasteiger partial charge in [0.25, 0.3) is 0 Å². The average molecular weight is 301 g/mol. The van der Waals surface area contributed by atoms with Crippen LogP contribution in [0.25, 0.3) is 0 Å². The summed E-state index contributed by atoms with van der Waals surface area (Å²) in [6, 6.07) is 2.65. The van der Waals surface area contributed by atoms with Gasteiger partial charge >= 0.3 is 0 Å². The molecule has 112 valence electrons. The van der Waals surface area contributed by atoms with E-state index in [9.17, 15) is 18.3 Å². The molecule has 1 atom stereocenters. The van der Waals surface area contributed by atoms with Crippen molar-refractivity contribution in [1.82, 2.24) is 9.62 Å². The number of phenolic OH excluding ortho intramolecular Hbond substituents is 1. The smallest absolute Gasteiger partial charge is 0.241 e. The second-order valence-electron chi connectivity index (χ2n) is 4.42. The van der Waals surface area contributed by atoms with Crippen LogP contribution in [-0.2, 0) is 14.8 Å². The highest BCUT2D eigenvalue weighted by molar-refractivity contribution is 7.89. The van der Waals surface area contributed by atoms with Gasteiger partial charge in [-0.1, -0.05) is 0 Å². The van der Waals surface area contributed by atoms with Gasteiger partial charge in [0.05, 0.1) is 16.6 Å². The highest BCUT2D eigenvalue weighted by Crippen LogP contribution is 2.23. The largest absolute Gasteiger partial charge is 0.506 e. The maximum Gasteiger partial charge on any atom is 0.241 e. The predicted octanol–water partition coefficient (Wildman–Crippen LogP) is 0.120. The van der Waals surface area contributed by atoms with Crippen molar-refractivity contribution in [3.8, 4) is 5.75 Å². The second-order valence-corrected chi connectivity index (χ2v) is 6.13. The summed E-state index contributed by atoms with van der Waals surface area (Å²) < 4.78 is 26.5. The van der Waals surface area contributed by atoms with Gasteiger partial charge in [-0.25, -0.2) is 8.42 Å². The molecule has 0 aliphatic heterocycles. The van der Waals surface area contributed by atoms with Gasteiger partial charge in [-0.05, 0) is 32.0 Å². The molecule has 1 aromatic rings. The van der Waals surface area contributed by atoms with Crippen LogP contribution in [0.5, 0.6) is 5.75 Å². The summed E-state index contributed by atoms with van der Waals surface area (Å²) in [5.74, 6) is -0.526. The molecule has 0 aliphatic carbocycles. The summed E-state index contributed by atoms with van der Waals surface area (Å²) in [6.45, 7) is 3.74. The zero-order chi connectivity index (χ0) is 15.5. The van der Waals surface area contributed by atoms with Gasteiger partial charge in [0, 0.05) is 13.6 Å². The average Bonchev–Trinajstić information content (AvgIpc) is 2.39. The van der Waals surface area contributed by atoms with Crippen LogP contribution < -0.4 is 10.5 Å². The minimum atomic E-state index is -3.87. The molecule has 0 aliphatic rings. The third-order valence-corrected chi connectivity index (χ3v) is 4.40. The van der Waals surface area contributed by atoms with Gasteiger partial charge in [-0.2, -0.15) is 4.72 Å². The molecule has 20 heavy (non-hydrogen) atoms. The van der Waals surface area contributed by atoms with E-state index in [0.29, 0.717) is 6.54 Å². The number of aromatic hydroxyl groups is 1. The Balaban J connectivity index is 2.95. The molecular weight excluding hydrogens is 282 g/mol. The van der Waals surface area contributed by atoms with Gasteiger partial charge in [-0.3, -0.25) is 4.79 Å². The molecule has 0 heterocycles. The Kier molecular flexibility index (Phi) is 4.96. The molecule has 0 saturated heterocycles. The number of carbonyl (C=O) groups excluding carboxylic acids is 1. The van der Waals surface area contributed by atoms with Crippen molar-refractivity contribution >= 4 is 21.6 Å². The number of carbonyl (C=O) groups is 1. The number of nitrogens with one attached hydrogen (secondary N) is 1. The van der Waals surface area contributed by atoms with Crippen molar-refractivity contribution in [2.45, 2.75) is 24.8 Å². The molecule has 1 amide bonds. The van der Waals surface area contributed by atoms with Crippen molar-refractivity contribution in [2.75, 3.05) is 19.3 Å². The van der Waals surface area contributed by atoms with E-state index >= 15 is 0 Å². The number of sulfonamides is 1. The Labute approximate surface area is 118 Å². The topological polar surface area (TPSA) is 113 Å². The van der Waals surface area contributed by atoms with Crippen LogP contribution in [-0.4, -0.2) is 44.0 Å². The number of rotatable bonds is 5. The molecule has 0 fully saturated rings. The Morgan fingerprint density at radius 2 is 2.10 bits per heavy atom. The summed E-state index contributed by atoms with van der Waals surface area (Å²) in [5, 5.41) is 9.28. The first-order chi connectivity index (χ1) is 9.19. The number of benzene rings is 1. The summed E-state index contributed by atoms with van der Waals surface area (Å²) >= 11 is 0. The summed E-state index contributed by atoms with van der Waals surface area (Å²) in [4.78, 5) is 13.1. The Bertz CT molecular complexity index is 601. The zero-order valence-electron chi connectivity index (χ0n) is 11.6. The van der Waals surface area contributed by atoms with E-state index < -0.39 is 16.1 Å². The number of nitrogens with two attached hydrogens (primary N) is 1. The van der Waals surface area contributed by atoms with E-state index in [1.807, 2.05) is 0 Å². The molecular formula is C12H19N3O4S. The van der Waals surface area contributed by atoms with Crippen LogP contribution in [0.3, 0.4) is 0 Å². The first-order valence-corrected chi connectivity index (χ1v) is 7.53. The van der Waals surface area contributed by atoms with Gasteiger partial charge in [0.1, 0.15) is 5.75 Å². The first kappa shape index (κ1) is 16.3. The fourth-order valence-corrected chi connectivity index (χ4v) is 2.77. The summed E-state index contributed by atoms with van der Waals surface area (Å²) in [5.41, 5.74) is 5.42. The van der Waals surface area contributed by atoms with Crippen molar-refractivity contribution in [3.63, 3.8) is 0 Å². The van der Waals surface area contributed by atoms with Crippen LogP contribution in [0.15, 0.2) is 23.1 Å². The minimum absolute atomic E-state index is 0.0440. The van der Waals surface area contributed by atoms with E-state index in [1.165, 1.54) is 24.0 Å². The Morgan fingerprint density at radius 1 is 1.50 bits per heavy atom. The highest BCUT2D eigenvalue weighted by Gasteiger charge is 2.24. The molecule has 7 nitrogen and oxygen atoms in total. The number of nitrogens with zero attached hydrogens (tertiary/aromatic N) is 1. The summed E-state index contributed by atoms with van der Waals surface area (Å²) in [6.07, 6.45) is 0. The number of hydrogen-bond donors (Lipinski definition) is 3. The van der Waals surface area contributed by atoms with Crippen LogP contribution in [0.1, 0.15) is 13.8 Å². The van der Waals surface area contributed by atoms with Crippen molar-refractivity contribution in [2.24, 2.45) is 0 Å². The second kappa shape index (κ2) is 6.10. The van der Waals surface area contributed by atoms with Gasteiger partial charge in [-0.15, -0.1) is 0 Å². The fourth-order valence-electron chi connectivity index (χ4n) is 1.54.